The Morgan fingerprint density at radius 1 is 1.27 bits per heavy atom. The molecule has 58 valence electrons. The van der Waals surface area contributed by atoms with Crippen LogP contribution in [0.2, 0.25) is 0 Å². The summed E-state index contributed by atoms with van der Waals surface area (Å²) in [5, 5.41) is 0. The lowest BCUT2D eigenvalue weighted by Crippen LogP contribution is -1.82. The second-order valence-electron chi connectivity index (χ2n) is 2.13. The summed E-state index contributed by atoms with van der Waals surface area (Å²) in [5.41, 5.74) is 6.30. The van der Waals surface area contributed by atoms with Gasteiger partial charge in [-0.3, -0.25) is 0 Å². The van der Waals surface area contributed by atoms with Gasteiger partial charge in [-0.15, -0.1) is 0 Å². The molecular weight excluding hydrogens is 138 g/mol. The number of ether oxygens (including phenoxy) is 1. The first kappa shape index (κ1) is 7.66. The Kier molecular flexibility index (Phi) is 2.55. The molecule has 0 heterocycles. The summed E-state index contributed by atoms with van der Waals surface area (Å²) in [5.74, 6) is 0.860. The van der Waals surface area contributed by atoms with Gasteiger partial charge in [0, 0.05) is 0 Å². The number of methoxy groups -OCH3 is 1. The molecule has 0 aromatic heterocycles. The minimum Gasteiger partial charge on any atom is -0.497 e. The average molecular weight is 149 g/mol. The molecule has 2 heteroatoms. The minimum absolute atomic E-state index is 0.860. The SMILES string of the molecule is COc1ccc(/C=C/N)cc1. The van der Waals surface area contributed by atoms with Crippen molar-refractivity contribution < 1.29 is 4.74 Å². The van der Waals surface area contributed by atoms with E-state index >= 15 is 0 Å². The topological polar surface area (TPSA) is 35.2 Å². The third-order valence-corrected chi connectivity index (χ3v) is 1.40. The van der Waals surface area contributed by atoms with Crippen molar-refractivity contribution in [2.45, 2.75) is 0 Å². The number of rotatable bonds is 2. The molecule has 0 saturated heterocycles. The van der Waals surface area contributed by atoms with Crippen molar-refractivity contribution in [2.24, 2.45) is 5.73 Å². The van der Waals surface area contributed by atoms with Crippen LogP contribution in [-0.4, -0.2) is 7.11 Å². The van der Waals surface area contributed by atoms with Crippen LogP contribution < -0.4 is 10.5 Å². The van der Waals surface area contributed by atoms with Gasteiger partial charge in [0.25, 0.3) is 0 Å². The van der Waals surface area contributed by atoms with Gasteiger partial charge in [-0.2, -0.15) is 0 Å². The zero-order valence-electron chi connectivity index (χ0n) is 6.45. The van der Waals surface area contributed by atoms with Crippen molar-refractivity contribution in [3.8, 4) is 5.75 Å². The maximum absolute atomic E-state index is 5.22. The van der Waals surface area contributed by atoms with Crippen molar-refractivity contribution >= 4 is 6.08 Å². The Bertz CT molecular complexity index is 238. The molecule has 2 nitrogen and oxygen atoms in total. The molecule has 1 aromatic carbocycles. The Morgan fingerprint density at radius 2 is 1.91 bits per heavy atom. The van der Waals surface area contributed by atoms with Gasteiger partial charge in [-0.05, 0) is 30.0 Å². The van der Waals surface area contributed by atoms with E-state index in [0.717, 1.165) is 11.3 Å². The fraction of sp³-hybridized carbons (Fsp3) is 0.111. The molecular formula is C9H11NO. The van der Waals surface area contributed by atoms with E-state index in [2.05, 4.69) is 0 Å². The Hall–Kier alpha value is -1.44. The molecule has 1 aromatic rings. The highest BCUT2D eigenvalue weighted by Gasteiger charge is 1.88. The maximum Gasteiger partial charge on any atom is 0.118 e. The van der Waals surface area contributed by atoms with Crippen LogP contribution in [0.3, 0.4) is 0 Å². The smallest absolute Gasteiger partial charge is 0.118 e. The minimum atomic E-state index is 0.860. The lowest BCUT2D eigenvalue weighted by molar-refractivity contribution is 0.415. The van der Waals surface area contributed by atoms with Crippen LogP contribution in [0.4, 0.5) is 0 Å². The van der Waals surface area contributed by atoms with Crippen molar-refractivity contribution in [1.29, 1.82) is 0 Å². The van der Waals surface area contributed by atoms with Crippen molar-refractivity contribution in [3.05, 3.63) is 36.0 Å². The lowest BCUT2D eigenvalue weighted by Gasteiger charge is -1.98. The van der Waals surface area contributed by atoms with Gasteiger partial charge in [0.2, 0.25) is 0 Å². The number of benzene rings is 1. The highest BCUT2D eigenvalue weighted by atomic mass is 16.5. The van der Waals surface area contributed by atoms with Crippen molar-refractivity contribution in [1.82, 2.24) is 0 Å². The predicted molar refractivity (Wildman–Crippen MR) is 46.2 cm³/mol. The predicted octanol–water partition coefficient (Wildman–Crippen LogP) is 1.62. The van der Waals surface area contributed by atoms with Gasteiger partial charge in [-0.25, -0.2) is 0 Å². The molecule has 0 radical (unpaired) electrons. The fourth-order valence-corrected chi connectivity index (χ4v) is 0.826. The summed E-state index contributed by atoms with van der Waals surface area (Å²) < 4.78 is 4.99. The Labute approximate surface area is 66.3 Å². The number of hydrogen-bond acceptors (Lipinski definition) is 2. The molecule has 0 unspecified atom stereocenters. The van der Waals surface area contributed by atoms with E-state index in [1.54, 1.807) is 7.11 Å². The molecule has 0 spiro atoms. The van der Waals surface area contributed by atoms with Gasteiger partial charge >= 0.3 is 0 Å². The van der Waals surface area contributed by atoms with Crippen LogP contribution in [0.1, 0.15) is 5.56 Å². The standard InChI is InChI=1S/C9H11NO/c1-11-9-4-2-8(3-5-9)6-7-10/h2-7H,10H2,1H3/b7-6+. The number of hydrogen-bond donors (Lipinski definition) is 1. The van der Waals surface area contributed by atoms with Crippen LogP contribution in [0, 0.1) is 0 Å². The van der Waals surface area contributed by atoms with Crippen LogP contribution in [0.25, 0.3) is 6.08 Å². The van der Waals surface area contributed by atoms with E-state index in [1.165, 1.54) is 6.20 Å². The van der Waals surface area contributed by atoms with Gasteiger partial charge in [0.1, 0.15) is 5.75 Å². The highest BCUT2D eigenvalue weighted by Crippen LogP contribution is 2.11. The molecule has 0 amide bonds. The van der Waals surface area contributed by atoms with Gasteiger partial charge in [0.05, 0.1) is 7.11 Å². The maximum atomic E-state index is 5.22. The Morgan fingerprint density at radius 3 is 2.36 bits per heavy atom. The molecule has 11 heavy (non-hydrogen) atoms. The molecule has 0 bridgehead atoms. The molecule has 0 aliphatic rings. The van der Waals surface area contributed by atoms with Crippen LogP contribution in [0.5, 0.6) is 5.75 Å². The fourth-order valence-electron chi connectivity index (χ4n) is 0.826. The van der Waals surface area contributed by atoms with E-state index in [9.17, 15) is 0 Å². The summed E-state index contributed by atoms with van der Waals surface area (Å²) >= 11 is 0. The van der Waals surface area contributed by atoms with E-state index in [0.29, 0.717) is 0 Å². The van der Waals surface area contributed by atoms with Crippen molar-refractivity contribution in [2.75, 3.05) is 7.11 Å². The third kappa shape index (κ3) is 2.00. The molecule has 0 atom stereocenters. The van der Waals surface area contributed by atoms with Crippen LogP contribution >= 0.6 is 0 Å². The zero-order chi connectivity index (χ0) is 8.10. The first-order chi connectivity index (χ1) is 5.36. The van der Waals surface area contributed by atoms with Crippen LogP contribution in [-0.2, 0) is 0 Å². The molecule has 0 aliphatic heterocycles. The second-order valence-corrected chi connectivity index (χ2v) is 2.13. The molecule has 0 saturated carbocycles. The van der Waals surface area contributed by atoms with Gasteiger partial charge in [-0.1, -0.05) is 12.1 Å². The summed E-state index contributed by atoms with van der Waals surface area (Å²) in [6.45, 7) is 0. The summed E-state index contributed by atoms with van der Waals surface area (Å²) in [6, 6.07) is 7.69. The van der Waals surface area contributed by atoms with Gasteiger partial charge in [0.15, 0.2) is 0 Å². The first-order valence-corrected chi connectivity index (χ1v) is 3.39. The van der Waals surface area contributed by atoms with Gasteiger partial charge < -0.3 is 10.5 Å². The van der Waals surface area contributed by atoms with Crippen molar-refractivity contribution in [3.63, 3.8) is 0 Å². The highest BCUT2D eigenvalue weighted by molar-refractivity contribution is 5.49. The second kappa shape index (κ2) is 3.66. The molecule has 2 N–H and O–H groups in total. The quantitative estimate of drug-likeness (QED) is 0.693. The Balaban J connectivity index is 2.82. The third-order valence-electron chi connectivity index (χ3n) is 1.40. The average Bonchev–Trinajstić information content (AvgIpc) is 2.07. The lowest BCUT2D eigenvalue weighted by atomic mass is 10.2. The summed E-state index contributed by atoms with van der Waals surface area (Å²) in [7, 11) is 1.65. The number of nitrogens with two attached hydrogens (primary N) is 1. The molecule has 0 aliphatic carbocycles. The normalized spacial score (nSPS) is 10.3. The van der Waals surface area contributed by atoms with E-state index in [-0.39, 0.29) is 0 Å². The molecule has 1 rings (SSSR count). The van der Waals surface area contributed by atoms with E-state index in [1.807, 2.05) is 30.3 Å². The largest absolute Gasteiger partial charge is 0.497 e. The summed E-state index contributed by atoms with van der Waals surface area (Å²) in [6.07, 6.45) is 3.35. The van der Waals surface area contributed by atoms with Crippen LogP contribution in [0.15, 0.2) is 30.5 Å². The van der Waals surface area contributed by atoms with E-state index < -0.39 is 0 Å². The monoisotopic (exact) mass is 149 g/mol. The molecule has 0 fully saturated rings. The van der Waals surface area contributed by atoms with E-state index in [4.69, 9.17) is 10.5 Å². The summed E-state index contributed by atoms with van der Waals surface area (Å²) in [4.78, 5) is 0. The zero-order valence-corrected chi connectivity index (χ0v) is 6.45. The first-order valence-electron chi connectivity index (χ1n) is 3.39.